The quantitative estimate of drug-likeness (QED) is 0.690. The predicted octanol–water partition coefficient (Wildman–Crippen LogP) is 2.46. The van der Waals surface area contributed by atoms with E-state index in [4.69, 9.17) is 16.3 Å². The SMILES string of the molecule is CN(C)S(=O)(=O)c1ccc(Cl)c(C(=O)NCC(c2cccs2)N2CCOCC2)c1. The first-order chi connectivity index (χ1) is 13.8. The van der Waals surface area contributed by atoms with E-state index in [0.717, 1.165) is 22.3 Å². The summed E-state index contributed by atoms with van der Waals surface area (Å²) in [6, 6.07) is 8.22. The Labute approximate surface area is 180 Å². The molecule has 1 fully saturated rings. The van der Waals surface area contributed by atoms with Gasteiger partial charge in [-0.3, -0.25) is 9.69 Å². The number of thiophene rings is 1. The first kappa shape index (κ1) is 22.2. The number of carbonyl (C=O) groups excluding carboxylic acids is 1. The Morgan fingerprint density at radius 2 is 2.03 bits per heavy atom. The molecule has 7 nitrogen and oxygen atoms in total. The van der Waals surface area contributed by atoms with Crippen LogP contribution in [0.1, 0.15) is 21.3 Å². The fourth-order valence-corrected chi connectivity index (χ4v) is 5.11. The maximum Gasteiger partial charge on any atom is 0.252 e. The molecule has 1 aliphatic heterocycles. The van der Waals surface area contributed by atoms with Gasteiger partial charge in [-0.1, -0.05) is 17.7 Å². The van der Waals surface area contributed by atoms with Crippen LogP contribution >= 0.6 is 22.9 Å². The summed E-state index contributed by atoms with van der Waals surface area (Å²) in [5, 5.41) is 5.14. The van der Waals surface area contributed by atoms with E-state index in [2.05, 4.69) is 10.2 Å². The van der Waals surface area contributed by atoms with E-state index < -0.39 is 15.9 Å². The van der Waals surface area contributed by atoms with Gasteiger partial charge in [0, 0.05) is 38.6 Å². The molecular weight excluding hydrogens is 434 g/mol. The summed E-state index contributed by atoms with van der Waals surface area (Å²) in [4.78, 5) is 16.3. The smallest absolute Gasteiger partial charge is 0.252 e. The molecular formula is C19H24ClN3O4S2. The van der Waals surface area contributed by atoms with Crippen molar-refractivity contribution in [2.75, 3.05) is 46.9 Å². The molecule has 0 saturated carbocycles. The lowest BCUT2D eigenvalue weighted by molar-refractivity contribution is 0.0169. The number of hydrogen-bond acceptors (Lipinski definition) is 6. The molecule has 0 radical (unpaired) electrons. The zero-order valence-corrected chi connectivity index (χ0v) is 18.7. The lowest BCUT2D eigenvalue weighted by Crippen LogP contribution is -2.43. The Morgan fingerprint density at radius 1 is 1.31 bits per heavy atom. The molecule has 1 atom stereocenters. The molecule has 1 aliphatic rings. The van der Waals surface area contributed by atoms with Gasteiger partial charge in [0.2, 0.25) is 10.0 Å². The predicted molar refractivity (Wildman–Crippen MR) is 114 cm³/mol. The van der Waals surface area contributed by atoms with Crippen molar-refractivity contribution in [1.29, 1.82) is 0 Å². The fourth-order valence-electron chi connectivity index (χ4n) is 3.11. The van der Waals surface area contributed by atoms with Gasteiger partial charge in [-0.25, -0.2) is 12.7 Å². The van der Waals surface area contributed by atoms with E-state index >= 15 is 0 Å². The molecule has 2 aromatic rings. The van der Waals surface area contributed by atoms with Gasteiger partial charge in [-0.15, -0.1) is 11.3 Å². The van der Waals surface area contributed by atoms with E-state index in [1.54, 1.807) is 11.3 Å². The van der Waals surface area contributed by atoms with Crippen LogP contribution in [0.5, 0.6) is 0 Å². The Kier molecular flexibility index (Phi) is 7.31. The second-order valence-corrected chi connectivity index (χ2v) is 10.4. The highest BCUT2D eigenvalue weighted by molar-refractivity contribution is 7.89. The monoisotopic (exact) mass is 457 g/mol. The van der Waals surface area contributed by atoms with Crippen LogP contribution in [0.3, 0.4) is 0 Å². The molecule has 29 heavy (non-hydrogen) atoms. The Balaban J connectivity index is 1.78. The lowest BCUT2D eigenvalue weighted by Gasteiger charge is -2.34. The van der Waals surface area contributed by atoms with Crippen LogP contribution in [-0.4, -0.2) is 70.5 Å². The number of rotatable bonds is 7. The minimum atomic E-state index is -3.66. The molecule has 0 spiro atoms. The molecule has 1 N–H and O–H groups in total. The summed E-state index contributed by atoms with van der Waals surface area (Å²) in [5.41, 5.74) is 0.140. The average Bonchev–Trinajstić information content (AvgIpc) is 3.23. The van der Waals surface area contributed by atoms with Crippen LogP contribution in [0.4, 0.5) is 0 Å². The van der Waals surface area contributed by atoms with Crippen LogP contribution in [-0.2, 0) is 14.8 Å². The first-order valence-corrected chi connectivity index (χ1v) is 11.9. The molecule has 10 heteroatoms. The van der Waals surface area contributed by atoms with Gasteiger partial charge in [0.25, 0.3) is 5.91 Å². The maximum atomic E-state index is 12.8. The largest absolute Gasteiger partial charge is 0.379 e. The Bertz CT molecular complexity index is 942. The van der Waals surface area contributed by atoms with Gasteiger partial charge in [0.05, 0.1) is 34.7 Å². The summed E-state index contributed by atoms with van der Waals surface area (Å²) in [7, 11) is -0.775. The average molecular weight is 458 g/mol. The topological polar surface area (TPSA) is 79.0 Å². The van der Waals surface area contributed by atoms with Crippen molar-refractivity contribution in [3.8, 4) is 0 Å². The number of ether oxygens (including phenoxy) is 1. The zero-order valence-electron chi connectivity index (χ0n) is 16.3. The van der Waals surface area contributed by atoms with Crippen LogP contribution in [0, 0.1) is 0 Å². The van der Waals surface area contributed by atoms with Crippen molar-refractivity contribution in [3.05, 3.63) is 51.2 Å². The second-order valence-electron chi connectivity index (χ2n) is 6.82. The third kappa shape index (κ3) is 5.17. The van der Waals surface area contributed by atoms with E-state index in [1.165, 1.54) is 32.3 Å². The first-order valence-electron chi connectivity index (χ1n) is 9.16. The van der Waals surface area contributed by atoms with Gasteiger partial charge in [-0.2, -0.15) is 0 Å². The molecule has 1 saturated heterocycles. The van der Waals surface area contributed by atoms with Crippen LogP contribution in [0.25, 0.3) is 0 Å². The number of hydrogen-bond donors (Lipinski definition) is 1. The number of benzene rings is 1. The van der Waals surface area contributed by atoms with Gasteiger partial charge in [-0.05, 0) is 29.6 Å². The van der Waals surface area contributed by atoms with Crippen molar-refractivity contribution < 1.29 is 17.9 Å². The number of amides is 1. The van der Waals surface area contributed by atoms with E-state index in [0.29, 0.717) is 19.8 Å². The number of carbonyl (C=O) groups is 1. The summed E-state index contributed by atoms with van der Waals surface area (Å²) >= 11 is 7.83. The van der Waals surface area contributed by atoms with Crippen LogP contribution < -0.4 is 5.32 Å². The number of halogens is 1. The van der Waals surface area contributed by atoms with Crippen LogP contribution in [0.2, 0.25) is 5.02 Å². The molecule has 2 heterocycles. The van der Waals surface area contributed by atoms with E-state index in [-0.39, 0.29) is 21.5 Å². The van der Waals surface area contributed by atoms with Crippen molar-refractivity contribution in [2.45, 2.75) is 10.9 Å². The van der Waals surface area contributed by atoms with Crippen LogP contribution in [0.15, 0.2) is 40.6 Å². The lowest BCUT2D eigenvalue weighted by atomic mass is 10.1. The van der Waals surface area contributed by atoms with Crippen molar-refractivity contribution >= 4 is 38.9 Å². The Hall–Kier alpha value is -1.49. The van der Waals surface area contributed by atoms with Crippen molar-refractivity contribution in [1.82, 2.24) is 14.5 Å². The molecule has 1 unspecified atom stereocenters. The minimum absolute atomic E-state index is 0.0234. The molecule has 3 rings (SSSR count). The number of sulfonamides is 1. The zero-order chi connectivity index (χ0) is 21.0. The summed E-state index contributed by atoms with van der Waals surface area (Å²) in [5.74, 6) is -0.402. The minimum Gasteiger partial charge on any atom is -0.379 e. The van der Waals surface area contributed by atoms with Crippen molar-refractivity contribution in [3.63, 3.8) is 0 Å². The number of nitrogens with one attached hydrogen (secondary N) is 1. The molecule has 1 amide bonds. The second kappa shape index (κ2) is 9.55. The van der Waals surface area contributed by atoms with Gasteiger partial charge in [0.1, 0.15) is 0 Å². The summed E-state index contributed by atoms with van der Waals surface area (Å²) < 4.78 is 31.3. The molecule has 1 aromatic heterocycles. The Morgan fingerprint density at radius 3 is 2.66 bits per heavy atom. The maximum absolute atomic E-state index is 12.8. The third-order valence-electron chi connectivity index (χ3n) is 4.78. The number of nitrogens with zero attached hydrogens (tertiary/aromatic N) is 2. The standard InChI is InChI=1S/C19H24ClN3O4S2/c1-22(2)29(25,26)14-5-6-16(20)15(12-14)19(24)21-13-17(18-4-3-11-28-18)23-7-9-27-10-8-23/h3-6,11-12,17H,7-10,13H2,1-2H3,(H,21,24). The summed E-state index contributed by atoms with van der Waals surface area (Å²) in [6.07, 6.45) is 0. The third-order valence-corrected chi connectivity index (χ3v) is 7.89. The van der Waals surface area contributed by atoms with Gasteiger partial charge >= 0.3 is 0 Å². The summed E-state index contributed by atoms with van der Waals surface area (Å²) in [6.45, 7) is 3.28. The normalized spacial score (nSPS) is 16.7. The fraction of sp³-hybridized carbons (Fsp3) is 0.421. The highest BCUT2D eigenvalue weighted by Gasteiger charge is 2.25. The highest BCUT2D eigenvalue weighted by atomic mass is 35.5. The van der Waals surface area contributed by atoms with Gasteiger partial charge in [0.15, 0.2) is 0 Å². The molecule has 0 bridgehead atoms. The van der Waals surface area contributed by atoms with Gasteiger partial charge < -0.3 is 10.1 Å². The molecule has 0 aliphatic carbocycles. The molecule has 158 valence electrons. The van der Waals surface area contributed by atoms with E-state index in [9.17, 15) is 13.2 Å². The number of morpholine rings is 1. The molecule has 1 aromatic carbocycles. The van der Waals surface area contributed by atoms with E-state index in [1.807, 2.05) is 17.5 Å². The highest BCUT2D eigenvalue weighted by Crippen LogP contribution is 2.26. The van der Waals surface area contributed by atoms with Crippen molar-refractivity contribution in [2.24, 2.45) is 0 Å².